The number of nitrogens with zero attached hydrogens (tertiary/aromatic N) is 2. The lowest BCUT2D eigenvalue weighted by Gasteiger charge is -2.24. The number of carbonyl (C=O) groups is 2. The largest absolute Gasteiger partial charge is 0.339 e. The first-order chi connectivity index (χ1) is 9.96. The second kappa shape index (κ2) is 7.78. The highest BCUT2D eigenvalue weighted by Crippen LogP contribution is 2.11. The van der Waals surface area contributed by atoms with Crippen molar-refractivity contribution in [2.45, 2.75) is 26.8 Å². The minimum Gasteiger partial charge on any atom is -0.339 e. The SMILES string of the molecule is CCN(CC)C(=O)c1ccc(C(=O)N(C)C(C)CN)cc1. The van der Waals surface area contributed by atoms with E-state index in [1.165, 1.54) is 0 Å². The van der Waals surface area contributed by atoms with Crippen LogP contribution in [0.4, 0.5) is 0 Å². The van der Waals surface area contributed by atoms with Crippen LogP contribution in [0.2, 0.25) is 0 Å². The molecule has 1 aromatic rings. The molecule has 0 heterocycles. The molecule has 2 N–H and O–H groups in total. The Labute approximate surface area is 126 Å². The van der Waals surface area contributed by atoms with Gasteiger partial charge < -0.3 is 15.5 Å². The summed E-state index contributed by atoms with van der Waals surface area (Å²) in [4.78, 5) is 27.8. The topological polar surface area (TPSA) is 66.6 Å². The van der Waals surface area contributed by atoms with Crippen LogP contribution in [-0.4, -0.2) is 54.3 Å². The fraction of sp³-hybridized carbons (Fsp3) is 0.500. The molecule has 0 aliphatic carbocycles. The number of amides is 2. The van der Waals surface area contributed by atoms with E-state index in [2.05, 4.69) is 0 Å². The highest BCUT2D eigenvalue weighted by atomic mass is 16.2. The first-order valence-electron chi connectivity index (χ1n) is 7.32. The number of hydrogen-bond acceptors (Lipinski definition) is 3. The van der Waals surface area contributed by atoms with Crippen LogP contribution in [0.1, 0.15) is 41.5 Å². The van der Waals surface area contributed by atoms with Gasteiger partial charge in [-0.1, -0.05) is 0 Å². The van der Waals surface area contributed by atoms with Gasteiger partial charge in [0.05, 0.1) is 0 Å². The van der Waals surface area contributed by atoms with Crippen LogP contribution < -0.4 is 5.73 Å². The molecular formula is C16H25N3O2. The van der Waals surface area contributed by atoms with Crippen molar-refractivity contribution in [1.29, 1.82) is 0 Å². The number of carbonyl (C=O) groups excluding carboxylic acids is 2. The van der Waals surface area contributed by atoms with Gasteiger partial charge in [-0.05, 0) is 45.0 Å². The molecule has 1 atom stereocenters. The molecule has 0 bridgehead atoms. The zero-order chi connectivity index (χ0) is 16.0. The lowest BCUT2D eigenvalue weighted by molar-refractivity contribution is 0.0743. The average Bonchev–Trinajstić information content (AvgIpc) is 2.53. The zero-order valence-electron chi connectivity index (χ0n) is 13.3. The summed E-state index contributed by atoms with van der Waals surface area (Å²) >= 11 is 0. The van der Waals surface area contributed by atoms with Crippen LogP contribution in [0.15, 0.2) is 24.3 Å². The van der Waals surface area contributed by atoms with Crippen molar-refractivity contribution in [2.75, 3.05) is 26.7 Å². The predicted molar refractivity (Wildman–Crippen MR) is 84.3 cm³/mol. The van der Waals surface area contributed by atoms with E-state index in [4.69, 9.17) is 5.73 Å². The van der Waals surface area contributed by atoms with Gasteiger partial charge in [0.25, 0.3) is 11.8 Å². The van der Waals surface area contributed by atoms with Crippen molar-refractivity contribution >= 4 is 11.8 Å². The Hall–Kier alpha value is -1.88. The number of nitrogens with two attached hydrogens (primary N) is 1. The highest BCUT2D eigenvalue weighted by molar-refractivity contribution is 5.97. The van der Waals surface area contributed by atoms with Crippen molar-refractivity contribution in [1.82, 2.24) is 9.80 Å². The van der Waals surface area contributed by atoms with E-state index in [1.54, 1.807) is 41.1 Å². The third-order valence-electron chi connectivity index (χ3n) is 3.75. The van der Waals surface area contributed by atoms with Crippen molar-refractivity contribution in [3.8, 4) is 0 Å². The van der Waals surface area contributed by atoms with Gasteiger partial charge in [0, 0.05) is 43.9 Å². The van der Waals surface area contributed by atoms with Crippen molar-refractivity contribution in [3.05, 3.63) is 35.4 Å². The Morgan fingerprint density at radius 3 is 1.86 bits per heavy atom. The second-order valence-electron chi connectivity index (χ2n) is 5.06. The van der Waals surface area contributed by atoms with Crippen LogP contribution >= 0.6 is 0 Å². The molecule has 0 aromatic heterocycles. The van der Waals surface area contributed by atoms with Crippen molar-refractivity contribution < 1.29 is 9.59 Å². The number of likely N-dealkylation sites (N-methyl/N-ethyl adjacent to an activating group) is 1. The molecule has 1 unspecified atom stereocenters. The molecule has 21 heavy (non-hydrogen) atoms. The molecule has 0 saturated carbocycles. The third kappa shape index (κ3) is 4.04. The number of hydrogen-bond donors (Lipinski definition) is 1. The summed E-state index contributed by atoms with van der Waals surface area (Å²) in [5.41, 5.74) is 6.74. The Morgan fingerprint density at radius 1 is 1.05 bits per heavy atom. The minimum absolute atomic E-state index is 0.0114. The average molecular weight is 291 g/mol. The quantitative estimate of drug-likeness (QED) is 0.865. The van der Waals surface area contributed by atoms with Crippen LogP contribution in [0.3, 0.4) is 0 Å². The van der Waals surface area contributed by atoms with E-state index in [-0.39, 0.29) is 17.9 Å². The molecule has 0 fully saturated rings. The molecule has 1 aromatic carbocycles. The molecule has 0 aliphatic heterocycles. The number of rotatable bonds is 6. The first kappa shape index (κ1) is 17.2. The molecule has 0 radical (unpaired) electrons. The monoisotopic (exact) mass is 291 g/mol. The summed E-state index contributed by atoms with van der Waals surface area (Å²) in [7, 11) is 1.73. The summed E-state index contributed by atoms with van der Waals surface area (Å²) in [6, 6.07) is 6.77. The van der Waals surface area contributed by atoms with E-state index in [1.807, 2.05) is 20.8 Å². The van der Waals surface area contributed by atoms with Crippen molar-refractivity contribution in [3.63, 3.8) is 0 Å². The smallest absolute Gasteiger partial charge is 0.253 e. The van der Waals surface area contributed by atoms with E-state index < -0.39 is 0 Å². The molecule has 116 valence electrons. The summed E-state index contributed by atoms with van der Waals surface area (Å²) in [5.74, 6) is -0.0996. The van der Waals surface area contributed by atoms with Gasteiger partial charge in [-0.25, -0.2) is 0 Å². The molecule has 5 nitrogen and oxygen atoms in total. The summed E-state index contributed by atoms with van der Waals surface area (Å²) in [6.07, 6.45) is 0. The van der Waals surface area contributed by atoms with Gasteiger partial charge in [0.2, 0.25) is 0 Å². The molecular weight excluding hydrogens is 266 g/mol. The molecule has 0 aliphatic rings. The molecule has 0 saturated heterocycles. The Kier molecular flexibility index (Phi) is 6.37. The lowest BCUT2D eigenvalue weighted by atomic mass is 10.1. The van der Waals surface area contributed by atoms with Gasteiger partial charge in [-0.3, -0.25) is 9.59 Å². The van der Waals surface area contributed by atoms with Crippen LogP contribution in [0, 0.1) is 0 Å². The summed E-state index contributed by atoms with van der Waals surface area (Å²) in [5, 5.41) is 0. The predicted octanol–water partition coefficient (Wildman–Crippen LogP) is 1.59. The maximum atomic E-state index is 12.2. The van der Waals surface area contributed by atoms with Crippen LogP contribution in [0.5, 0.6) is 0 Å². The van der Waals surface area contributed by atoms with Gasteiger partial charge in [0.1, 0.15) is 0 Å². The maximum absolute atomic E-state index is 12.2. The van der Waals surface area contributed by atoms with E-state index in [0.29, 0.717) is 30.8 Å². The standard InChI is InChI=1S/C16H25N3O2/c1-5-19(6-2)16(21)14-9-7-13(8-10-14)15(20)18(4)12(3)11-17/h7-10,12H,5-6,11,17H2,1-4H3. The zero-order valence-corrected chi connectivity index (χ0v) is 13.3. The first-order valence-corrected chi connectivity index (χ1v) is 7.32. The maximum Gasteiger partial charge on any atom is 0.253 e. The van der Waals surface area contributed by atoms with E-state index in [9.17, 15) is 9.59 Å². The van der Waals surface area contributed by atoms with Crippen LogP contribution in [0.25, 0.3) is 0 Å². The molecule has 0 spiro atoms. The van der Waals surface area contributed by atoms with Crippen LogP contribution in [-0.2, 0) is 0 Å². The van der Waals surface area contributed by atoms with Crippen molar-refractivity contribution in [2.24, 2.45) is 5.73 Å². The Morgan fingerprint density at radius 2 is 1.48 bits per heavy atom. The summed E-state index contributed by atoms with van der Waals surface area (Å²) < 4.78 is 0. The molecule has 2 amide bonds. The Bertz CT molecular complexity index is 481. The third-order valence-corrected chi connectivity index (χ3v) is 3.75. The number of benzene rings is 1. The van der Waals surface area contributed by atoms with Gasteiger partial charge in [-0.15, -0.1) is 0 Å². The fourth-order valence-corrected chi connectivity index (χ4v) is 2.01. The lowest BCUT2D eigenvalue weighted by Crippen LogP contribution is -2.39. The van der Waals surface area contributed by atoms with Gasteiger partial charge in [0.15, 0.2) is 0 Å². The minimum atomic E-state index is -0.0882. The highest BCUT2D eigenvalue weighted by Gasteiger charge is 2.17. The molecule has 1 rings (SSSR count). The fourth-order valence-electron chi connectivity index (χ4n) is 2.01. The second-order valence-corrected chi connectivity index (χ2v) is 5.06. The Balaban J connectivity index is 2.87. The van der Waals surface area contributed by atoms with Gasteiger partial charge in [-0.2, -0.15) is 0 Å². The normalized spacial score (nSPS) is 11.9. The van der Waals surface area contributed by atoms with E-state index >= 15 is 0 Å². The van der Waals surface area contributed by atoms with E-state index in [0.717, 1.165) is 0 Å². The summed E-state index contributed by atoms with van der Waals surface area (Å²) in [6.45, 7) is 7.56. The van der Waals surface area contributed by atoms with Gasteiger partial charge >= 0.3 is 0 Å². The molecule has 5 heteroatoms.